The van der Waals surface area contributed by atoms with E-state index in [1.807, 2.05) is 6.07 Å². The Labute approximate surface area is 135 Å². The Bertz CT molecular complexity index is 819. The van der Waals surface area contributed by atoms with Crippen molar-refractivity contribution in [2.45, 2.75) is 0 Å². The number of nitrogens with zero attached hydrogens (tertiary/aromatic N) is 1. The van der Waals surface area contributed by atoms with Gasteiger partial charge in [0.2, 0.25) is 0 Å². The van der Waals surface area contributed by atoms with Crippen LogP contribution in [-0.4, -0.2) is 19.6 Å². The molecule has 8 heteroatoms. The maximum absolute atomic E-state index is 13.5. The molecule has 0 heterocycles. The summed E-state index contributed by atoms with van der Waals surface area (Å²) in [5.74, 6) is -4.89. The first-order chi connectivity index (χ1) is 11.5. The Morgan fingerprint density at radius 3 is 2.58 bits per heavy atom. The molecule has 0 aliphatic rings. The maximum atomic E-state index is 13.5. The number of rotatable bonds is 5. The van der Waals surface area contributed by atoms with Gasteiger partial charge in [-0.15, -0.1) is 0 Å². The number of carbonyl (C=O) groups excluding carboxylic acids is 1. The van der Waals surface area contributed by atoms with Gasteiger partial charge in [0.15, 0.2) is 35.6 Å². The zero-order valence-electron chi connectivity index (χ0n) is 12.4. The summed E-state index contributed by atoms with van der Waals surface area (Å²) in [6, 6.07) is 7.82. The van der Waals surface area contributed by atoms with Crippen molar-refractivity contribution in [3.63, 3.8) is 0 Å². The van der Waals surface area contributed by atoms with Crippen LogP contribution in [0.5, 0.6) is 11.5 Å². The van der Waals surface area contributed by atoms with Crippen molar-refractivity contribution >= 4 is 11.6 Å². The minimum absolute atomic E-state index is 0.192. The van der Waals surface area contributed by atoms with E-state index < -0.39 is 35.7 Å². The number of ether oxygens (including phenoxy) is 2. The average Bonchev–Trinajstić information content (AvgIpc) is 2.60. The molecule has 0 aromatic heterocycles. The van der Waals surface area contributed by atoms with Crippen molar-refractivity contribution in [1.29, 1.82) is 5.26 Å². The molecular weight excluding hydrogens is 325 g/mol. The van der Waals surface area contributed by atoms with E-state index in [0.29, 0.717) is 11.6 Å². The van der Waals surface area contributed by atoms with Crippen molar-refractivity contribution < 1.29 is 27.4 Å². The first-order valence-electron chi connectivity index (χ1n) is 6.60. The van der Waals surface area contributed by atoms with E-state index in [-0.39, 0.29) is 11.5 Å². The number of nitriles is 1. The number of methoxy groups -OCH3 is 1. The summed E-state index contributed by atoms with van der Waals surface area (Å²) in [6.07, 6.45) is 0. The monoisotopic (exact) mass is 336 g/mol. The van der Waals surface area contributed by atoms with Crippen molar-refractivity contribution in [2.75, 3.05) is 19.0 Å². The Hall–Kier alpha value is -3.21. The fourth-order valence-corrected chi connectivity index (χ4v) is 1.81. The number of benzene rings is 2. The summed E-state index contributed by atoms with van der Waals surface area (Å²) in [5, 5.41) is 10.9. The Balaban J connectivity index is 2.04. The minimum Gasteiger partial charge on any atom is -0.493 e. The predicted octanol–water partition coefficient (Wildman–Crippen LogP) is 3.00. The molecule has 0 aliphatic carbocycles. The van der Waals surface area contributed by atoms with Crippen molar-refractivity contribution in [2.24, 2.45) is 0 Å². The van der Waals surface area contributed by atoms with E-state index in [0.717, 1.165) is 6.07 Å². The standard InChI is InChI=1S/C16H11F3N2O3/c1-23-13-6-9(7-20)2-5-12(13)24-8-14(22)21-11-4-3-10(17)15(18)16(11)19/h2-6H,8H2,1H3,(H,21,22). The molecule has 0 radical (unpaired) electrons. The van der Waals surface area contributed by atoms with Gasteiger partial charge in [0.1, 0.15) is 0 Å². The van der Waals surface area contributed by atoms with Gasteiger partial charge >= 0.3 is 0 Å². The predicted molar refractivity (Wildman–Crippen MR) is 78.1 cm³/mol. The third-order valence-corrected chi connectivity index (χ3v) is 2.96. The van der Waals surface area contributed by atoms with Crippen molar-refractivity contribution in [3.8, 4) is 17.6 Å². The van der Waals surface area contributed by atoms with Crippen LogP contribution in [0, 0.1) is 28.8 Å². The Morgan fingerprint density at radius 2 is 1.92 bits per heavy atom. The van der Waals surface area contributed by atoms with Crippen LogP contribution in [0.15, 0.2) is 30.3 Å². The largest absolute Gasteiger partial charge is 0.493 e. The molecule has 1 amide bonds. The molecule has 124 valence electrons. The lowest BCUT2D eigenvalue weighted by Gasteiger charge is -2.11. The Morgan fingerprint density at radius 1 is 1.17 bits per heavy atom. The topological polar surface area (TPSA) is 71.3 Å². The van der Waals surface area contributed by atoms with Gasteiger partial charge in [-0.2, -0.15) is 5.26 Å². The highest BCUT2D eigenvalue weighted by Gasteiger charge is 2.16. The van der Waals surface area contributed by atoms with Gasteiger partial charge in [0.25, 0.3) is 5.91 Å². The molecule has 2 aromatic carbocycles. The van der Waals surface area contributed by atoms with Crippen LogP contribution >= 0.6 is 0 Å². The molecule has 0 bridgehead atoms. The minimum atomic E-state index is -1.68. The lowest BCUT2D eigenvalue weighted by atomic mass is 10.2. The van der Waals surface area contributed by atoms with E-state index in [9.17, 15) is 18.0 Å². The molecule has 0 unspecified atom stereocenters. The van der Waals surface area contributed by atoms with Crippen LogP contribution in [0.25, 0.3) is 0 Å². The van der Waals surface area contributed by atoms with Crippen LogP contribution in [0.2, 0.25) is 0 Å². The summed E-state index contributed by atoms with van der Waals surface area (Å²) in [7, 11) is 1.36. The van der Waals surface area contributed by atoms with Crippen LogP contribution < -0.4 is 14.8 Å². The number of anilines is 1. The first kappa shape index (κ1) is 17.1. The second-order valence-electron chi connectivity index (χ2n) is 4.54. The number of hydrogen-bond donors (Lipinski definition) is 1. The quantitative estimate of drug-likeness (QED) is 0.852. The molecule has 24 heavy (non-hydrogen) atoms. The fraction of sp³-hybridized carbons (Fsp3) is 0.125. The second-order valence-corrected chi connectivity index (χ2v) is 4.54. The molecular formula is C16H11F3N2O3. The number of amides is 1. The maximum Gasteiger partial charge on any atom is 0.262 e. The highest BCUT2D eigenvalue weighted by Crippen LogP contribution is 2.28. The highest BCUT2D eigenvalue weighted by molar-refractivity contribution is 5.92. The second kappa shape index (κ2) is 7.37. The average molecular weight is 336 g/mol. The SMILES string of the molecule is COc1cc(C#N)ccc1OCC(=O)Nc1ccc(F)c(F)c1F. The number of carbonyl (C=O) groups is 1. The van der Waals surface area contributed by atoms with Crippen molar-refractivity contribution in [1.82, 2.24) is 0 Å². The summed E-state index contributed by atoms with van der Waals surface area (Å²) in [6.45, 7) is -0.527. The zero-order chi connectivity index (χ0) is 17.7. The Kier molecular flexibility index (Phi) is 5.27. The van der Waals surface area contributed by atoms with Crippen LogP contribution in [0.3, 0.4) is 0 Å². The van der Waals surface area contributed by atoms with Gasteiger partial charge in [-0.1, -0.05) is 0 Å². The van der Waals surface area contributed by atoms with E-state index in [4.69, 9.17) is 14.7 Å². The van der Waals surface area contributed by atoms with E-state index in [2.05, 4.69) is 5.32 Å². The van der Waals surface area contributed by atoms with Crippen LogP contribution in [0.1, 0.15) is 5.56 Å². The smallest absolute Gasteiger partial charge is 0.262 e. The molecule has 0 atom stereocenters. The molecule has 0 spiro atoms. The third-order valence-electron chi connectivity index (χ3n) is 2.96. The molecule has 1 N–H and O–H groups in total. The summed E-state index contributed by atoms with van der Waals surface area (Å²) < 4.78 is 49.6. The van der Waals surface area contributed by atoms with Crippen molar-refractivity contribution in [3.05, 3.63) is 53.3 Å². The lowest BCUT2D eigenvalue weighted by molar-refractivity contribution is -0.118. The van der Waals surface area contributed by atoms with Crippen LogP contribution in [0.4, 0.5) is 18.9 Å². The number of nitrogens with one attached hydrogen (secondary N) is 1. The third kappa shape index (κ3) is 3.76. The normalized spacial score (nSPS) is 9.96. The molecule has 0 saturated heterocycles. The van der Waals surface area contributed by atoms with Gasteiger partial charge < -0.3 is 14.8 Å². The van der Waals surface area contributed by atoms with Gasteiger partial charge in [-0.3, -0.25) is 4.79 Å². The van der Waals surface area contributed by atoms with Gasteiger partial charge in [-0.25, -0.2) is 13.2 Å². The van der Waals surface area contributed by atoms with E-state index in [1.165, 1.54) is 25.3 Å². The first-order valence-corrected chi connectivity index (χ1v) is 6.60. The molecule has 0 aliphatic heterocycles. The van der Waals surface area contributed by atoms with Gasteiger partial charge in [0.05, 0.1) is 24.4 Å². The molecule has 5 nitrogen and oxygen atoms in total. The fourth-order valence-electron chi connectivity index (χ4n) is 1.81. The highest BCUT2D eigenvalue weighted by atomic mass is 19.2. The van der Waals surface area contributed by atoms with Gasteiger partial charge in [0, 0.05) is 6.07 Å². The lowest BCUT2D eigenvalue weighted by Crippen LogP contribution is -2.21. The van der Waals surface area contributed by atoms with Gasteiger partial charge in [-0.05, 0) is 24.3 Å². The summed E-state index contributed by atoms with van der Waals surface area (Å²) in [4.78, 5) is 11.7. The summed E-state index contributed by atoms with van der Waals surface area (Å²) in [5.41, 5.74) is -0.165. The zero-order valence-corrected chi connectivity index (χ0v) is 12.4. The molecule has 0 fully saturated rings. The summed E-state index contributed by atoms with van der Waals surface area (Å²) >= 11 is 0. The van der Waals surface area contributed by atoms with Crippen LogP contribution in [-0.2, 0) is 4.79 Å². The van der Waals surface area contributed by atoms with E-state index in [1.54, 1.807) is 0 Å². The molecule has 2 aromatic rings. The number of hydrogen-bond acceptors (Lipinski definition) is 4. The number of halogens is 3. The molecule has 2 rings (SSSR count). The molecule has 0 saturated carbocycles. The van der Waals surface area contributed by atoms with E-state index >= 15 is 0 Å².